The fraction of sp³-hybridized carbons (Fsp3) is 0.630. The molecule has 1 aliphatic rings. The van der Waals surface area contributed by atoms with Crippen molar-refractivity contribution in [3.63, 3.8) is 0 Å². The van der Waals surface area contributed by atoms with E-state index in [2.05, 4.69) is 31.2 Å². The molecule has 2 rings (SSSR count). The maximum atomic E-state index is 13.4. The highest BCUT2D eigenvalue weighted by atomic mass is 19.4. The van der Waals surface area contributed by atoms with Crippen LogP contribution in [0, 0.1) is 11.8 Å². The van der Waals surface area contributed by atoms with Crippen molar-refractivity contribution in [3.05, 3.63) is 23.8 Å². The number of carboxylic acid groups (broad SMARTS) is 1. The first kappa shape index (κ1) is 35.9. The Balaban J connectivity index is 2.24. The molecule has 0 spiro atoms. The van der Waals surface area contributed by atoms with Gasteiger partial charge in [-0.1, -0.05) is 27.2 Å². The van der Waals surface area contributed by atoms with Gasteiger partial charge in [0.05, 0.1) is 18.0 Å². The van der Waals surface area contributed by atoms with Crippen molar-refractivity contribution >= 4 is 35.5 Å². The Morgan fingerprint density at radius 1 is 1.02 bits per heavy atom. The van der Waals surface area contributed by atoms with Crippen LogP contribution >= 0.6 is 0 Å². The number of unbranched alkanes of at least 4 members (excludes halogenated alkanes) is 1. The molecule has 4 atom stereocenters. The summed E-state index contributed by atoms with van der Waals surface area (Å²) in [7, 11) is 0. The Kier molecular flexibility index (Phi) is 13.5. The van der Waals surface area contributed by atoms with Crippen LogP contribution in [-0.4, -0.2) is 81.8 Å². The molecule has 0 bridgehead atoms. The van der Waals surface area contributed by atoms with Gasteiger partial charge in [-0.05, 0) is 25.2 Å². The lowest BCUT2D eigenvalue weighted by atomic mass is 9.93. The van der Waals surface area contributed by atoms with Crippen molar-refractivity contribution in [1.29, 1.82) is 0 Å². The van der Waals surface area contributed by atoms with Gasteiger partial charge < -0.3 is 31.7 Å². The zero-order valence-corrected chi connectivity index (χ0v) is 24.6. The standard InChI is InChI=1S/C27H38F3N7O7/c1-4-5-7-31-21(38)11-17(22(39)16-6-8-32-23(16)40)35-24(41)18(9-14(2)3)36-25(42)19(37-26(43)44)10-20-33-12-15(13-34-20)27(28,29)30/h12-14,16-19,37H,4-11H2,1-3H3,(H,31,38)(H,32,40)(H,35,41)(H,36,42)(H,43,44)/t16-,17-,18-,19-/m0/s1. The van der Waals surface area contributed by atoms with Crippen LogP contribution in [0.15, 0.2) is 12.4 Å². The van der Waals surface area contributed by atoms with E-state index in [-0.39, 0.29) is 31.1 Å². The quantitative estimate of drug-likeness (QED) is 0.112. The van der Waals surface area contributed by atoms with Crippen molar-refractivity contribution in [2.45, 2.75) is 83.6 Å². The highest BCUT2D eigenvalue weighted by Gasteiger charge is 2.38. The SMILES string of the molecule is CCCCNC(=O)C[C@H](NC(=O)[C@H](CC(C)C)NC(=O)[C@H](Cc1ncc(C(F)(F)F)cn1)NC(=O)O)C(=O)[C@@H]1CCNC1=O. The fourth-order valence-electron chi connectivity index (χ4n) is 4.39. The number of aromatic nitrogens is 2. The van der Waals surface area contributed by atoms with Gasteiger partial charge in [-0.2, -0.15) is 13.2 Å². The molecular weight excluding hydrogens is 591 g/mol. The molecule has 0 radical (unpaired) electrons. The number of hydrogen-bond donors (Lipinski definition) is 6. The largest absolute Gasteiger partial charge is 0.465 e. The number of carbonyl (C=O) groups excluding carboxylic acids is 5. The highest BCUT2D eigenvalue weighted by molar-refractivity contribution is 6.07. The number of hydrogen-bond acceptors (Lipinski definition) is 8. The Morgan fingerprint density at radius 3 is 2.16 bits per heavy atom. The number of alkyl halides is 3. The Bertz CT molecular complexity index is 1200. The van der Waals surface area contributed by atoms with E-state index in [9.17, 15) is 47.0 Å². The summed E-state index contributed by atoms with van der Waals surface area (Å²) in [6.07, 6.45) is -4.63. The fourth-order valence-corrected chi connectivity index (χ4v) is 4.39. The van der Waals surface area contributed by atoms with E-state index in [1.54, 1.807) is 13.8 Å². The molecule has 244 valence electrons. The van der Waals surface area contributed by atoms with Crippen molar-refractivity contribution in [1.82, 2.24) is 36.6 Å². The number of carbonyl (C=O) groups is 6. The number of nitrogens with one attached hydrogen (secondary N) is 5. The lowest BCUT2D eigenvalue weighted by molar-refractivity contribution is -0.138. The molecule has 0 aliphatic carbocycles. The van der Waals surface area contributed by atoms with Crippen LogP contribution < -0.4 is 26.6 Å². The summed E-state index contributed by atoms with van der Waals surface area (Å²) in [5, 5.41) is 21.3. The van der Waals surface area contributed by atoms with Gasteiger partial charge in [0.2, 0.25) is 23.6 Å². The van der Waals surface area contributed by atoms with E-state index >= 15 is 0 Å². The Hall–Kier alpha value is -4.31. The molecule has 1 fully saturated rings. The van der Waals surface area contributed by atoms with E-state index < -0.39 is 84.1 Å². The van der Waals surface area contributed by atoms with E-state index in [4.69, 9.17) is 0 Å². The monoisotopic (exact) mass is 629 g/mol. The molecule has 1 aromatic heterocycles. The van der Waals surface area contributed by atoms with Gasteiger partial charge in [0.15, 0.2) is 5.78 Å². The summed E-state index contributed by atoms with van der Waals surface area (Å²) in [4.78, 5) is 83.1. The van der Waals surface area contributed by atoms with Crippen LogP contribution in [0.2, 0.25) is 0 Å². The average molecular weight is 630 g/mol. The molecule has 0 saturated carbocycles. The van der Waals surface area contributed by atoms with E-state index in [0.717, 1.165) is 6.42 Å². The number of amides is 5. The van der Waals surface area contributed by atoms with E-state index in [1.807, 2.05) is 12.2 Å². The maximum Gasteiger partial charge on any atom is 0.419 e. The van der Waals surface area contributed by atoms with Crippen LogP contribution in [-0.2, 0) is 36.6 Å². The third kappa shape index (κ3) is 11.4. The summed E-state index contributed by atoms with van der Waals surface area (Å²) in [5.41, 5.74) is -1.14. The first-order valence-corrected chi connectivity index (χ1v) is 14.2. The lowest BCUT2D eigenvalue weighted by Gasteiger charge is -2.26. The Morgan fingerprint density at radius 2 is 1.64 bits per heavy atom. The van der Waals surface area contributed by atoms with Gasteiger partial charge in [-0.15, -0.1) is 0 Å². The summed E-state index contributed by atoms with van der Waals surface area (Å²) in [5.74, 6) is -5.12. The first-order valence-electron chi connectivity index (χ1n) is 14.2. The van der Waals surface area contributed by atoms with Crippen molar-refractivity contribution in [2.24, 2.45) is 11.8 Å². The number of ketones is 1. The first-order chi connectivity index (χ1) is 20.6. The van der Waals surface area contributed by atoms with Crippen molar-refractivity contribution < 1.29 is 47.0 Å². The molecule has 14 nitrogen and oxygen atoms in total. The van der Waals surface area contributed by atoms with E-state index in [1.165, 1.54) is 0 Å². The second-order valence-electron chi connectivity index (χ2n) is 10.8. The molecule has 44 heavy (non-hydrogen) atoms. The zero-order chi connectivity index (χ0) is 33.0. The third-order valence-electron chi connectivity index (χ3n) is 6.67. The molecule has 1 saturated heterocycles. The number of Topliss-reactive ketones (excluding diaryl/α,β-unsaturated/α-hetero) is 1. The molecule has 0 unspecified atom stereocenters. The van der Waals surface area contributed by atoms with Gasteiger partial charge >= 0.3 is 12.3 Å². The second kappa shape index (κ2) is 16.5. The van der Waals surface area contributed by atoms with Crippen molar-refractivity contribution in [2.75, 3.05) is 13.1 Å². The van der Waals surface area contributed by atoms with Gasteiger partial charge in [-0.3, -0.25) is 24.0 Å². The molecule has 1 aromatic rings. The minimum Gasteiger partial charge on any atom is -0.465 e. The molecule has 0 aromatic carbocycles. The molecule has 6 N–H and O–H groups in total. The predicted octanol–water partition coefficient (Wildman–Crippen LogP) is 0.701. The average Bonchev–Trinajstić information content (AvgIpc) is 3.36. The predicted molar refractivity (Wildman–Crippen MR) is 148 cm³/mol. The van der Waals surface area contributed by atoms with Crippen LogP contribution in [0.3, 0.4) is 0 Å². The van der Waals surface area contributed by atoms with Crippen LogP contribution in [0.25, 0.3) is 0 Å². The number of halogens is 3. The smallest absolute Gasteiger partial charge is 0.419 e. The van der Waals surface area contributed by atoms with Gasteiger partial charge in [0, 0.05) is 31.9 Å². The Labute approximate surface area is 251 Å². The minimum absolute atomic E-state index is 0.0294. The molecule has 17 heteroatoms. The molecular formula is C27H38F3N7O7. The second-order valence-corrected chi connectivity index (χ2v) is 10.8. The topological polar surface area (TPSA) is 209 Å². The van der Waals surface area contributed by atoms with E-state index in [0.29, 0.717) is 25.4 Å². The normalized spacial score (nSPS) is 16.8. The summed E-state index contributed by atoms with van der Waals surface area (Å²) >= 11 is 0. The highest BCUT2D eigenvalue weighted by Crippen LogP contribution is 2.27. The zero-order valence-electron chi connectivity index (χ0n) is 24.6. The summed E-state index contributed by atoms with van der Waals surface area (Å²) in [6, 6.07) is -4.31. The number of rotatable bonds is 16. The summed E-state index contributed by atoms with van der Waals surface area (Å²) in [6.45, 7) is 6.00. The van der Waals surface area contributed by atoms with Crippen LogP contribution in [0.4, 0.5) is 18.0 Å². The molecule has 5 amide bonds. The van der Waals surface area contributed by atoms with Crippen LogP contribution in [0.1, 0.15) is 64.3 Å². The van der Waals surface area contributed by atoms with Gasteiger partial charge in [0.1, 0.15) is 23.8 Å². The summed E-state index contributed by atoms with van der Waals surface area (Å²) < 4.78 is 38.6. The maximum absolute atomic E-state index is 13.4. The van der Waals surface area contributed by atoms with Gasteiger partial charge in [0.25, 0.3) is 0 Å². The van der Waals surface area contributed by atoms with Crippen molar-refractivity contribution in [3.8, 4) is 0 Å². The van der Waals surface area contributed by atoms with Gasteiger partial charge in [-0.25, -0.2) is 14.8 Å². The minimum atomic E-state index is -4.71. The molecule has 2 heterocycles. The third-order valence-corrected chi connectivity index (χ3v) is 6.67. The number of nitrogens with zero attached hydrogens (tertiary/aromatic N) is 2. The lowest BCUT2D eigenvalue weighted by Crippen LogP contribution is -2.57. The molecule has 1 aliphatic heterocycles. The van der Waals surface area contributed by atoms with Crippen LogP contribution in [0.5, 0.6) is 0 Å².